The van der Waals surface area contributed by atoms with Crippen LogP contribution >= 0.6 is 15.9 Å². The third-order valence-corrected chi connectivity index (χ3v) is 4.27. The van der Waals surface area contributed by atoms with Gasteiger partial charge in [-0.15, -0.1) is 0 Å². The molecular formula is C20H23BrN2O3. The molecule has 0 fully saturated rings. The zero-order valence-electron chi connectivity index (χ0n) is 14.9. The van der Waals surface area contributed by atoms with Crippen molar-refractivity contribution >= 4 is 33.4 Å². The fourth-order valence-corrected chi connectivity index (χ4v) is 2.53. The summed E-state index contributed by atoms with van der Waals surface area (Å²) in [6.45, 7) is 4.34. The Morgan fingerprint density at radius 2 is 1.81 bits per heavy atom. The van der Waals surface area contributed by atoms with Crippen LogP contribution in [0.5, 0.6) is 5.75 Å². The normalized spacial score (nSPS) is 11.5. The van der Waals surface area contributed by atoms with Crippen molar-refractivity contribution in [2.24, 2.45) is 0 Å². The van der Waals surface area contributed by atoms with Gasteiger partial charge in [0.25, 0.3) is 11.8 Å². The zero-order chi connectivity index (χ0) is 18.9. The largest absolute Gasteiger partial charge is 0.481 e. The van der Waals surface area contributed by atoms with Crippen LogP contribution in [0.1, 0.15) is 37.0 Å². The highest BCUT2D eigenvalue weighted by molar-refractivity contribution is 9.10. The standard InChI is InChI=1S/C20H23BrN2O3/c1-3-4-13-22-20(25)17-7-5-6-8-18(17)23-19(24)14(2)26-16-11-9-15(21)10-12-16/h5-12,14H,3-4,13H2,1-2H3,(H,22,25)(H,23,24). The summed E-state index contributed by atoms with van der Waals surface area (Å²) in [5.74, 6) is 0.0824. The number of carbonyl (C=O) groups is 2. The first kappa shape index (κ1) is 20.0. The average Bonchev–Trinajstić information content (AvgIpc) is 2.64. The second-order valence-corrected chi connectivity index (χ2v) is 6.77. The fourth-order valence-electron chi connectivity index (χ4n) is 2.27. The van der Waals surface area contributed by atoms with Crippen LogP contribution in [0, 0.1) is 0 Å². The molecule has 1 atom stereocenters. The van der Waals surface area contributed by atoms with E-state index < -0.39 is 6.10 Å². The summed E-state index contributed by atoms with van der Waals surface area (Å²) in [7, 11) is 0. The highest BCUT2D eigenvalue weighted by Gasteiger charge is 2.18. The van der Waals surface area contributed by atoms with E-state index >= 15 is 0 Å². The first-order chi connectivity index (χ1) is 12.5. The summed E-state index contributed by atoms with van der Waals surface area (Å²) in [5, 5.41) is 5.64. The lowest BCUT2D eigenvalue weighted by atomic mass is 10.1. The molecule has 0 aliphatic carbocycles. The molecule has 2 aromatic rings. The molecule has 0 saturated heterocycles. The summed E-state index contributed by atoms with van der Waals surface area (Å²) >= 11 is 3.36. The topological polar surface area (TPSA) is 67.4 Å². The predicted octanol–water partition coefficient (Wildman–Crippen LogP) is 4.39. The Balaban J connectivity index is 2.01. The van der Waals surface area contributed by atoms with Gasteiger partial charge in [-0.2, -0.15) is 0 Å². The number of hydrogen-bond acceptors (Lipinski definition) is 3. The molecule has 5 nitrogen and oxygen atoms in total. The minimum absolute atomic E-state index is 0.198. The molecule has 138 valence electrons. The highest BCUT2D eigenvalue weighted by Crippen LogP contribution is 2.19. The molecule has 1 unspecified atom stereocenters. The summed E-state index contributed by atoms with van der Waals surface area (Å²) in [5.41, 5.74) is 0.908. The molecule has 2 rings (SSSR count). The van der Waals surface area contributed by atoms with E-state index in [4.69, 9.17) is 4.74 Å². The SMILES string of the molecule is CCCCNC(=O)c1ccccc1NC(=O)C(C)Oc1ccc(Br)cc1. The fraction of sp³-hybridized carbons (Fsp3) is 0.300. The molecule has 0 aromatic heterocycles. The van der Waals surface area contributed by atoms with Gasteiger partial charge in [0.1, 0.15) is 5.75 Å². The van der Waals surface area contributed by atoms with Gasteiger partial charge in [-0.25, -0.2) is 0 Å². The number of ether oxygens (including phenoxy) is 1. The van der Waals surface area contributed by atoms with E-state index in [-0.39, 0.29) is 11.8 Å². The lowest BCUT2D eigenvalue weighted by Crippen LogP contribution is -2.32. The molecule has 2 aromatic carbocycles. The maximum Gasteiger partial charge on any atom is 0.265 e. The van der Waals surface area contributed by atoms with Crippen molar-refractivity contribution in [2.45, 2.75) is 32.8 Å². The van der Waals surface area contributed by atoms with Crippen LogP contribution in [-0.4, -0.2) is 24.5 Å². The Morgan fingerprint density at radius 1 is 1.12 bits per heavy atom. The Bertz CT molecular complexity index is 747. The van der Waals surface area contributed by atoms with Crippen LogP contribution in [-0.2, 0) is 4.79 Å². The Labute approximate surface area is 162 Å². The Morgan fingerprint density at radius 3 is 2.50 bits per heavy atom. The first-order valence-corrected chi connectivity index (χ1v) is 9.41. The van der Waals surface area contributed by atoms with Crippen LogP contribution < -0.4 is 15.4 Å². The smallest absolute Gasteiger partial charge is 0.265 e. The quantitative estimate of drug-likeness (QED) is 0.624. The van der Waals surface area contributed by atoms with Crippen molar-refractivity contribution in [1.82, 2.24) is 5.32 Å². The number of anilines is 1. The lowest BCUT2D eigenvalue weighted by Gasteiger charge is -2.16. The summed E-state index contributed by atoms with van der Waals surface area (Å²) in [4.78, 5) is 24.8. The molecule has 0 saturated carbocycles. The maximum atomic E-state index is 12.4. The van der Waals surface area contributed by atoms with Crippen molar-refractivity contribution in [3.63, 3.8) is 0 Å². The highest BCUT2D eigenvalue weighted by atomic mass is 79.9. The van der Waals surface area contributed by atoms with Gasteiger partial charge >= 0.3 is 0 Å². The minimum atomic E-state index is -0.701. The molecule has 26 heavy (non-hydrogen) atoms. The van der Waals surface area contributed by atoms with Gasteiger partial charge < -0.3 is 15.4 Å². The van der Waals surface area contributed by atoms with Crippen LogP contribution in [0.3, 0.4) is 0 Å². The van der Waals surface area contributed by atoms with Crippen LogP contribution in [0.2, 0.25) is 0 Å². The molecule has 0 heterocycles. The van der Waals surface area contributed by atoms with Crippen LogP contribution in [0.4, 0.5) is 5.69 Å². The third-order valence-electron chi connectivity index (χ3n) is 3.74. The summed E-state index contributed by atoms with van der Waals surface area (Å²) in [6, 6.07) is 14.2. The molecular weight excluding hydrogens is 396 g/mol. The maximum absolute atomic E-state index is 12.4. The molecule has 2 amide bonds. The minimum Gasteiger partial charge on any atom is -0.481 e. The van der Waals surface area contributed by atoms with Crippen LogP contribution in [0.25, 0.3) is 0 Å². The van der Waals surface area contributed by atoms with Crippen molar-refractivity contribution in [3.05, 3.63) is 58.6 Å². The monoisotopic (exact) mass is 418 g/mol. The van der Waals surface area contributed by atoms with Crippen molar-refractivity contribution in [1.29, 1.82) is 0 Å². The third kappa shape index (κ3) is 5.88. The van der Waals surface area contributed by atoms with E-state index in [1.807, 2.05) is 12.1 Å². The van der Waals surface area contributed by atoms with E-state index in [2.05, 4.69) is 33.5 Å². The average molecular weight is 419 g/mol. The van der Waals surface area contributed by atoms with Gasteiger partial charge in [-0.1, -0.05) is 41.4 Å². The van der Waals surface area contributed by atoms with E-state index in [1.54, 1.807) is 43.3 Å². The molecule has 0 aliphatic heterocycles. The number of carbonyl (C=O) groups excluding carboxylic acids is 2. The van der Waals surface area contributed by atoms with Crippen molar-refractivity contribution in [2.75, 3.05) is 11.9 Å². The van der Waals surface area contributed by atoms with Gasteiger partial charge in [0.2, 0.25) is 0 Å². The van der Waals surface area contributed by atoms with Gasteiger partial charge in [0.15, 0.2) is 6.10 Å². The van der Waals surface area contributed by atoms with Crippen molar-refractivity contribution < 1.29 is 14.3 Å². The Hall–Kier alpha value is -2.34. The van der Waals surface area contributed by atoms with E-state index in [1.165, 1.54) is 0 Å². The van der Waals surface area contributed by atoms with Crippen LogP contribution in [0.15, 0.2) is 53.0 Å². The van der Waals surface area contributed by atoms with E-state index in [0.717, 1.165) is 17.3 Å². The molecule has 6 heteroatoms. The number of rotatable bonds is 8. The number of halogens is 1. The number of para-hydroxylation sites is 1. The summed E-state index contributed by atoms with van der Waals surface area (Å²) in [6.07, 6.45) is 1.22. The number of nitrogens with one attached hydrogen (secondary N) is 2. The molecule has 0 radical (unpaired) electrons. The summed E-state index contributed by atoms with van der Waals surface area (Å²) < 4.78 is 6.58. The number of benzene rings is 2. The van der Waals surface area contributed by atoms with Gasteiger partial charge in [-0.3, -0.25) is 9.59 Å². The van der Waals surface area contributed by atoms with Crippen molar-refractivity contribution in [3.8, 4) is 5.75 Å². The first-order valence-electron chi connectivity index (χ1n) is 8.61. The van der Waals surface area contributed by atoms with Gasteiger partial charge in [0, 0.05) is 11.0 Å². The van der Waals surface area contributed by atoms with Gasteiger partial charge in [-0.05, 0) is 49.7 Å². The number of unbranched alkanes of at least 4 members (excludes halogenated alkanes) is 1. The Kier molecular flexibility index (Phi) is 7.66. The number of hydrogen-bond donors (Lipinski definition) is 2. The predicted molar refractivity (Wildman–Crippen MR) is 107 cm³/mol. The van der Waals surface area contributed by atoms with Gasteiger partial charge in [0.05, 0.1) is 11.3 Å². The molecule has 2 N–H and O–H groups in total. The zero-order valence-corrected chi connectivity index (χ0v) is 16.5. The number of amides is 2. The second-order valence-electron chi connectivity index (χ2n) is 5.86. The molecule has 0 spiro atoms. The second kappa shape index (κ2) is 9.97. The molecule has 0 bridgehead atoms. The van der Waals surface area contributed by atoms with E-state index in [0.29, 0.717) is 23.5 Å². The lowest BCUT2D eigenvalue weighted by molar-refractivity contribution is -0.122. The molecule has 0 aliphatic rings. The van der Waals surface area contributed by atoms with E-state index in [9.17, 15) is 9.59 Å².